The number of hydrogen-bond donors (Lipinski definition) is 3. The van der Waals surface area contributed by atoms with Crippen molar-refractivity contribution in [2.45, 2.75) is 25.8 Å². The summed E-state index contributed by atoms with van der Waals surface area (Å²) in [6.45, 7) is -0.401. The number of benzene rings is 1. The molecular weight excluding hydrogens is 340 g/mol. The highest BCUT2D eigenvalue weighted by atomic mass is 35.7. The van der Waals surface area contributed by atoms with Gasteiger partial charge >= 0.3 is 12.9 Å². The zero-order valence-electron chi connectivity index (χ0n) is 11.6. The monoisotopic (exact) mass is 357 g/mol. The van der Waals surface area contributed by atoms with Crippen molar-refractivity contribution in [3.63, 3.8) is 0 Å². The Morgan fingerprint density at radius 3 is 2.19 bits per heavy atom. The van der Waals surface area contributed by atoms with Crippen LogP contribution in [0.2, 0.25) is 5.02 Å². The molecule has 1 aromatic rings. The summed E-state index contributed by atoms with van der Waals surface area (Å²) < 4.78 is 14.0. The van der Waals surface area contributed by atoms with Crippen molar-refractivity contribution < 1.29 is 23.9 Å². The molecule has 1 atom stereocenters. The van der Waals surface area contributed by atoms with Gasteiger partial charge in [-0.3, -0.25) is 4.79 Å². The van der Waals surface area contributed by atoms with Gasteiger partial charge in [0.05, 0.1) is 6.61 Å². The van der Waals surface area contributed by atoms with E-state index in [1.54, 1.807) is 26.0 Å². The molecule has 0 aromatic heterocycles. The van der Waals surface area contributed by atoms with Gasteiger partial charge in [0.2, 0.25) is 0 Å². The number of ether oxygens (including phenoxy) is 1. The van der Waals surface area contributed by atoms with Crippen LogP contribution in [0.4, 0.5) is 0 Å². The summed E-state index contributed by atoms with van der Waals surface area (Å²) in [5, 5.41) is 0.665. The zero-order chi connectivity index (χ0) is 16.7. The highest BCUT2D eigenvalue weighted by molar-refractivity contribution is 7.79. The summed E-state index contributed by atoms with van der Waals surface area (Å²) in [4.78, 5) is 26.4. The molecule has 0 radical (unpaired) electrons. The molecule has 0 saturated carbocycles. The summed E-state index contributed by atoms with van der Waals surface area (Å²) in [5.41, 5.74) is 5.87. The van der Waals surface area contributed by atoms with Crippen LogP contribution in [0.3, 0.4) is 0 Å². The number of halogens is 2. The Labute approximate surface area is 133 Å². The summed E-state index contributed by atoms with van der Waals surface area (Å²) in [6.07, 6.45) is 0.434. The molecule has 0 heterocycles. The zero-order valence-corrected chi connectivity index (χ0v) is 14.0. The maximum atomic E-state index is 11.6. The van der Waals surface area contributed by atoms with Gasteiger partial charge in [0, 0.05) is 22.7 Å². The second kappa shape index (κ2) is 8.73. The van der Waals surface area contributed by atoms with Crippen molar-refractivity contribution in [1.82, 2.24) is 0 Å². The van der Waals surface area contributed by atoms with Gasteiger partial charge in [-0.1, -0.05) is 23.7 Å². The first-order valence-corrected chi connectivity index (χ1v) is 8.81. The Bertz CT molecular complexity index is 493. The Balaban J connectivity index is 0.000000690. The van der Waals surface area contributed by atoms with Crippen LogP contribution in [-0.2, 0) is 20.5 Å². The van der Waals surface area contributed by atoms with Gasteiger partial charge < -0.3 is 20.3 Å². The Hall–Kier alpha value is -0.620. The lowest BCUT2D eigenvalue weighted by Crippen LogP contribution is -2.48. The Morgan fingerprint density at radius 2 is 1.81 bits per heavy atom. The van der Waals surface area contributed by atoms with Gasteiger partial charge in [-0.25, -0.2) is 4.57 Å². The average molecular weight is 358 g/mol. The van der Waals surface area contributed by atoms with E-state index < -0.39 is 12.5 Å². The highest BCUT2D eigenvalue weighted by Gasteiger charge is 2.29. The molecule has 9 heteroatoms. The van der Waals surface area contributed by atoms with Crippen LogP contribution >= 0.6 is 29.8 Å². The molecule has 0 aliphatic carbocycles. The molecule has 120 valence electrons. The highest BCUT2D eigenvalue weighted by Crippen LogP contribution is 2.39. The van der Waals surface area contributed by atoms with Crippen LogP contribution in [0, 0.1) is 0 Å². The van der Waals surface area contributed by atoms with E-state index in [0.29, 0.717) is 18.1 Å². The first-order chi connectivity index (χ1) is 9.45. The standard InChI is InChI=1S/C12H16ClNO2.ClH2O3P/c1-3-16-11(15)12(2,14)8-9-4-6-10(13)7-5-9;1-5(2,3)4/h4-7H,3,8,14H2,1-2H3;(H2,2,3,4). The largest absolute Gasteiger partial charge is 0.465 e. The van der Waals surface area contributed by atoms with Gasteiger partial charge in [-0.15, -0.1) is 0 Å². The predicted octanol–water partition coefficient (Wildman–Crippen LogP) is 2.48. The van der Waals surface area contributed by atoms with Crippen LogP contribution in [0.1, 0.15) is 19.4 Å². The molecule has 0 bridgehead atoms. The first-order valence-electron chi connectivity index (χ1n) is 5.91. The molecule has 1 unspecified atom stereocenters. The smallest absolute Gasteiger partial charge is 0.419 e. The molecule has 0 aliphatic rings. The maximum Gasteiger partial charge on any atom is 0.419 e. The van der Waals surface area contributed by atoms with Crippen LogP contribution in [0.25, 0.3) is 0 Å². The lowest BCUT2D eigenvalue weighted by atomic mass is 9.94. The van der Waals surface area contributed by atoms with Crippen molar-refractivity contribution in [1.29, 1.82) is 0 Å². The molecule has 1 aromatic carbocycles. The van der Waals surface area contributed by atoms with Gasteiger partial charge in [0.25, 0.3) is 0 Å². The summed E-state index contributed by atoms with van der Waals surface area (Å²) in [5.74, 6) is -0.384. The first kappa shape index (κ1) is 20.4. The summed E-state index contributed by atoms with van der Waals surface area (Å²) in [6, 6.07) is 7.26. The van der Waals surface area contributed by atoms with E-state index in [-0.39, 0.29) is 5.97 Å². The summed E-state index contributed by atoms with van der Waals surface area (Å²) in [7, 11) is 0. The maximum absolute atomic E-state index is 11.6. The summed E-state index contributed by atoms with van der Waals surface area (Å²) >= 11 is 9.97. The van der Waals surface area contributed by atoms with Crippen LogP contribution < -0.4 is 5.73 Å². The molecule has 0 aliphatic heterocycles. The fraction of sp³-hybridized carbons (Fsp3) is 0.417. The third-order valence-electron chi connectivity index (χ3n) is 2.23. The topological polar surface area (TPSA) is 110 Å². The number of hydrogen-bond acceptors (Lipinski definition) is 4. The van der Waals surface area contributed by atoms with Gasteiger partial charge in [-0.05, 0) is 31.5 Å². The average Bonchev–Trinajstić information content (AvgIpc) is 2.30. The molecule has 4 N–H and O–H groups in total. The number of esters is 1. The fourth-order valence-electron chi connectivity index (χ4n) is 1.39. The lowest BCUT2D eigenvalue weighted by Gasteiger charge is -2.22. The van der Waals surface area contributed by atoms with E-state index in [9.17, 15) is 4.79 Å². The molecule has 0 fully saturated rings. The quantitative estimate of drug-likeness (QED) is 0.564. The van der Waals surface area contributed by atoms with E-state index in [1.165, 1.54) is 0 Å². The molecule has 0 amide bonds. The molecule has 0 spiro atoms. The van der Waals surface area contributed by atoms with E-state index in [1.807, 2.05) is 12.1 Å². The van der Waals surface area contributed by atoms with Crippen molar-refractivity contribution in [3.05, 3.63) is 34.9 Å². The number of carbonyl (C=O) groups excluding carboxylic acids is 1. The fourth-order valence-corrected chi connectivity index (χ4v) is 1.52. The molecule has 21 heavy (non-hydrogen) atoms. The second-order valence-corrected chi connectivity index (χ2v) is 7.12. The number of carbonyl (C=O) groups is 1. The minimum atomic E-state index is -4.17. The van der Waals surface area contributed by atoms with Gasteiger partial charge in [-0.2, -0.15) is 0 Å². The van der Waals surface area contributed by atoms with Gasteiger partial charge in [0.15, 0.2) is 0 Å². The SMILES string of the molecule is CCOC(=O)C(C)(N)Cc1ccc(Cl)cc1.O=P(O)(O)Cl. The predicted molar refractivity (Wildman–Crippen MR) is 82.3 cm³/mol. The van der Waals surface area contributed by atoms with Crippen molar-refractivity contribution in [2.24, 2.45) is 5.73 Å². The Kier molecular flexibility index (Phi) is 8.48. The minimum absolute atomic E-state index is 0.340. The van der Waals surface area contributed by atoms with Crippen molar-refractivity contribution in [2.75, 3.05) is 6.61 Å². The lowest BCUT2D eigenvalue weighted by molar-refractivity contribution is -0.148. The normalized spacial score (nSPS) is 13.7. The van der Waals surface area contributed by atoms with Crippen LogP contribution in [0.5, 0.6) is 0 Å². The third-order valence-corrected chi connectivity index (χ3v) is 2.48. The minimum Gasteiger partial charge on any atom is -0.465 e. The number of nitrogens with two attached hydrogens (primary N) is 1. The van der Waals surface area contributed by atoms with E-state index in [4.69, 9.17) is 36.4 Å². The Morgan fingerprint density at radius 1 is 1.38 bits per heavy atom. The third kappa shape index (κ3) is 10.7. The number of rotatable bonds is 4. The van der Waals surface area contributed by atoms with Gasteiger partial charge in [0.1, 0.15) is 5.54 Å². The van der Waals surface area contributed by atoms with Crippen LogP contribution in [0.15, 0.2) is 24.3 Å². The molecule has 6 nitrogen and oxygen atoms in total. The molecule has 1 rings (SSSR count). The van der Waals surface area contributed by atoms with E-state index >= 15 is 0 Å². The second-order valence-electron chi connectivity index (χ2n) is 4.41. The molecular formula is C12H18Cl2NO5P. The van der Waals surface area contributed by atoms with E-state index in [0.717, 1.165) is 5.56 Å². The molecule has 0 saturated heterocycles. The van der Waals surface area contributed by atoms with Crippen molar-refractivity contribution >= 4 is 35.8 Å². The van der Waals surface area contributed by atoms with Crippen molar-refractivity contribution in [3.8, 4) is 0 Å². The van der Waals surface area contributed by atoms with E-state index in [2.05, 4.69) is 11.2 Å². The van der Waals surface area contributed by atoms with Crippen LogP contribution in [-0.4, -0.2) is 27.9 Å².